The van der Waals surface area contributed by atoms with Crippen LogP contribution < -0.4 is 15.4 Å². The van der Waals surface area contributed by atoms with Gasteiger partial charge in [-0.15, -0.1) is 34.2 Å². The summed E-state index contributed by atoms with van der Waals surface area (Å²) in [4.78, 5) is 17.8. The summed E-state index contributed by atoms with van der Waals surface area (Å²) in [6, 6.07) is 7.93. The summed E-state index contributed by atoms with van der Waals surface area (Å²) in [5, 5.41) is 14.6. The maximum atomic E-state index is 11.9. The zero-order chi connectivity index (χ0) is 21.1. The van der Waals surface area contributed by atoms with E-state index in [1.165, 1.54) is 4.90 Å². The predicted molar refractivity (Wildman–Crippen MR) is 129 cm³/mol. The van der Waals surface area contributed by atoms with E-state index >= 15 is 0 Å². The number of hydrogen-bond acceptors (Lipinski definition) is 5. The van der Waals surface area contributed by atoms with Crippen molar-refractivity contribution >= 4 is 35.8 Å². The molecule has 0 aliphatic heterocycles. The number of amides is 1. The first-order valence-electron chi connectivity index (χ1n) is 9.76. The molecule has 1 amide bonds. The molecule has 2 aromatic rings. The molecular weight excluding hydrogens is 497 g/mol. The fourth-order valence-corrected chi connectivity index (χ4v) is 2.72. The third-order valence-electron chi connectivity index (χ3n) is 4.41. The van der Waals surface area contributed by atoms with Crippen molar-refractivity contribution in [1.82, 2.24) is 30.3 Å². The number of aliphatic imine (C=N–C) groups is 1. The molecule has 0 saturated carbocycles. The van der Waals surface area contributed by atoms with Gasteiger partial charge in [0.2, 0.25) is 5.91 Å². The Kier molecular flexibility index (Phi) is 11.8. The molecule has 1 aromatic heterocycles. The summed E-state index contributed by atoms with van der Waals surface area (Å²) in [6.07, 6.45) is 3.33. The highest BCUT2D eigenvalue weighted by Crippen LogP contribution is 2.17. The minimum absolute atomic E-state index is 0. The number of carbonyl (C=O) groups excluding carboxylic acids is 1. The molecule has 0 aliphatic rings. The van der Waals surface area contributed by atoms with Crippen molar-refractivity contribution in [2.24, 2.45) is 4.99 Å². The second-order valence-electron chi connectivity index (χ2n) is 6.66. The largest absolute Gasteiger partial charge is 0.496 e. The van der Waals surface area contributed by atoms with Crippen LogP contribution in [0.2, 0.25) is 0 Å². The number of carbonyl (C=O) groups is 1. The Morgan fingerprint density at radius 1 is 1.23 bits per heavy atom. The van der Waals surface area contributed by atoms with Gasteiger partial charge in [-0.3, -0.25) is 4.79 Å². The number of ether oxygens (including phenoxy) is 1. The summed E-state index contributed by atoms with van der Waals surface area (Å²) >= 11 is 0. The van der Waals surface area contributed by atoms with Crippen LogP contribution in [0.15, 0.2) is 35.6 Å². The number of aryl methyl sites for hydroxylation is 1. The molecule has 9 nitrogen and oxygen atoms in total. The van der Waals surface area contributed by atoms with Gasteiger partial charge in [0.25, 0.3) is 0 Å². The van der Waals surface area contributed by atoms with Gasteiger partial charge < -0.3 is 24.8 Å². The van der Waals surface area contributed by atoms with E-state index in [0.717, 1.165) is 30.0 Å². The van der Waals surface area contributed by atoms with Crippen molar-refractivity contribution in [3.05, 3.63) is 42.0 Å². The molecule has 0 aliphatic carbocycles. The van der Waals surface area contributed by atoms with Crippen molar-refractivity contribution in [3.8, 4) is 5.75 Å². The highest BCUT2D eigenvalue weighted by molar-refractivity contribution is 14.0. The summed E-state index contributed by atoms with van der Waals surface area (Å²) in [5.74, 6) is 2.35. The van der Waals surface area contributed by atoms with E-state index < -0.39 is 0 Å². The van der Waals surface area contributed by atoms with Crippen molar-refractivity contribution in [3.63, 3.8) is 0 Å². The molecule has 1 aromatic carbocycles. The van der Waals surface area contributed by atoms with E-state index in [-0.39, 0.29) is 36.4 Å². The van der Waals surface area contributed by atoms with Crippen molar-refractivity contribution in [2.45, 2.75) is 26.3 Å². The van der Waals surface area contributed by atoms with E-state index in [4.69, 9.17) is 4.74 Å². The number of benzene rings is 1. The minimum Gasteiger partial charge on any atom is -0.496 e. The average Bonchev–Trinajstić information content (AvgIpc) is 3.19. The molecule has 0 unspecified atom stereocenters. The Hall–Kier alpha value is -2.37. The zero-order valence-electron chi connectivity index (χ0n) is 18.1. The monoisotopic (exact) mass is 529 g/mol. The number of methoxy groups -OCH3 is 1. The van der Waals surface area contributed by atoms with Crippen LogP contribution in [0, 0.1) is 0 Å². The standard InChI is InChI=1S/C20H31N7O2.HI/c1-5-18-25-24-15-27(18)13-12-22-20(23-14-19(28)26(2)3)21-11-10-16-8-6-7-9-17(16)29-4;/h6-9,15H,5,10-14H2,1-4H3,(H2,21,22,23);1H. The fraction of sp³-hybridized carbons (Fsp3) is 0.500. The van der Waals surface area contributed by atoms with Gasteiger partial charge in [0.1, 0.15) is 24.4 Å². The fourth-order valence-electron chi connectivity index (χ4n) is 2.72. The normalized spacial score (nSPS) is 10.9. The molecule has 30 heavy (non-hydrogen) atoms. The van der Waals surface area contributed by atoms with Crippen LogP contribution in [-0.4, -0.2) is 72.4 Å². The van der Waals surface area contributed by atoms with Crippen LogP contribution in [0.3, 0.4) is 0 Å². The van der Waals surface area contributed by atoms with Crippen LogP contribution in [0.25, 0.3) is 0 Å². The average molecular weight is 529 g/mol. The van der Waals surface area contributed by atoms with Crippen LogP contribution in [0.5, 0.6) is 5.75 Å². The van der Waals surface area contributed by atoms with Crippen molar-refractivity contribution in [2.75, 3.05) is 40.8 Å². The predicted octanol–water partition coefficient (Wildman–Crippen LogP) is 1.33. The lowest BCUT2D eigenvalue weighted by Crippen LogP contribution is -2.41. The molecule has 1 heterocycles. The SMILES string of the molecule is CCc1nncn1CCNC(=NCC(=O)N(C)C)NCCc1ccccc1OC.I. The van der Waals surface area contributed by atoms with Gasteiger partial charge in [0.05, 0.1) is 7.11 Å². The number of nitrogens with one attached hydrogen (secondary N) is 2. The molecule has 0 fully saturated rings. The molecule has 0 radical (unpaired) electrons. The van der Waals surface area contributed by atoms with E-state index in [0.29, 0.717) is 25.6 Å². The Bertz CT molecular complexity index is 808. The van der Waals surface area contributed by atoms with Gasteiger partial charge in [0.15, 0.2) is 5.96 Å². The molecule has 10 heteroatoms. The van der Waals surface area contributed by atoms with Gasteiger partial charge in [-0.2, -0.15) is 0 Å². The maximum Gasteiger partial charge on any atom is 0.243 e. The number of rotatable bonds is 10. The second kappa shape index (κ2) is 13.8. The molecule has 0 spiro atoms. The molecular formula is C20H32IN7O2. The van der Waals surface area contributed by atoms with Crippen molar-refractivity contribution < 1.29 is 9.53 Å². The highest BCUT2D eigenvalue weighted by Gasteiger charge is 2.07. The topological polar surface area (TPSA) is 96.7 Å². The van der Waals surface area contributed by atoms with Crippen LogP contribution >= 0.6 is 24.0 Å². The van der Waals surface area contributed by atoms with E-state index in [2.05, 4.69) is 25.8 Å². The van der Waals surface area contributed by atoms with E-state index in [1.54, 1.807) is 27.5 Å². The Morgan fingerprint density at radius 3 is 2.67 bits per heavy atom. The Balaban J connectivity index is 0.00000450. The second-order valence-corrected chi connectivity index (χ2v) is 6.66. The third kappa shape index (κ3) is 8.17. The van der Waals surface area contributed by atoms with Crippen LogP contribution in [0.1, 0.15) is 18.3 Å². The number of likely N-dealkylation sites (N-methyl/N-ethyl adjacent to an activating group) is 1. The third-order valence-corrected chi connectivity index (χ3v) is 4.41. The van der Waals surface area contributed by atoms with Gasteiger partial charge in [-0.25, -0.2) is 4.99 Å². The number of nitrogens with zero attached hydrogens (tertiary/aromatic N) is 5. The molecule has 0 bridgehead atoms. The number of halogens is 1. The quantitative estimate of drug-likeness (QED) is 0.274. The summed E-state index contributed by atoms with van der Waals surface area (Å²) in [5.41, 5.74) is 1.11. The first-order chi connectivity index (χ1) is 14.0. The molecule has 0 atom stereocenters. The lowest BCUT2D eigenvalue weighted by molar-refractivity contribution is -0.127. The van der Waals surface area contributed by atoms with Gasteiger partial charge >= 0.3 is 0 Å². The number of guanidine groups is 1. The molecule has 166 valence electrons. The lowest BCUT2D eigenvalue weighted by atomic mass is 10.1. The van der Waals surface area contributed by atoms with Gasteiger partial charge in [-0.05, 0) is 18.1 Å². The Labute approximate surface area is 195 Å². The van der Waals surface area contributed by atoms with Crippen LogP contribution in [0.4, 0.5) is 0 Å². The number of hydrogen-bond donors (Lipinski definition) is 2. The summed E-state index contributed by atoms with van der Waals surface area (Å²) in [7, 11) is 5.11. The van der Waals surface area contributed by atoms with Crippen LogP contribution in [-0.2, 0) is 24.2 Å². The molecule has 2 rings (SSSR count). The smallest absolute Gasteiger partial charge is 0.243 e. The minimum atomic E-state index is -0.0529. The highest BCUT2D eigenvalue weighted by atomic mass is 127. The Morgan fingerprint density at radius 2 is 1.97 bits per heavy atom. The van der Waals surface area contributed by atoms with Gasteiger partial charge in [0, 0.05) is 40.2 Å². The number of aromatic nitrogens is 3. The summed E-state index contributed by atoms with van der Waals surface area (Å²) < 4.78 is 7.40. The number of para-hydroxylation sites is 1. The lowest BCUT2D eigenvalue weighted by Gasteiger charge is -2.15. The first kappa shape index (κ1) is 25.7. The first-order valence-corrected chi connectivity index (χ1v) is 9.76. The van der Waals surface area contributed by atoms with Crippen molar-refractivity contribution in [1.29, 1.82) is 0 Å². The summed E-state index contributed by atoms with van der Waals surface area (Å²) in [6.45, 7) is 4.15. The zero-order valence-corrected chi connectivity index (χ0v) is 20.4. The van der Waals surface area contributed by atoms with Gasteiger partial charge in [-0.1, -0.05) is 25.1 Å². The van der Waals surface area contributed by atoms with E-state index in [9.17, 15) is 4.79 Å². The molecule has 0 saturated heterocycles. The molecule has 2 N–H and O–H groups in total. The maximum absolute atomic E-state index is 11.9. The van der Waals surface area contributed by atoms with E-state index in [1.807, 2.05) is 35.8 Å².